The minimum Gasteiger partial charge on any atom is -0.503 e. The number of Topliss-reactive ketones (excluding diaryl/α,β-unsaturated/α-hetero) is 2. The number of rotatable bonds is 6. The van der Waals surface area contributed by atoms with Crippen LogP contribution in [-0.4, -0.2) is 39.8 Å². The van der Waals surface area contributed by atoms with Crippen molar-refractivity contribution in [3.05, 3.63) is 80.2 Å². The minimum atomic E-state index is -1.16. The number of aromatic hydroxyl groups is 1. The smallest absolute Gasteiger partial charge is 0.296 e. The fraction of sp³-hybridized carbons (Fsp3) is 0.154. The Hall–Kier alpha value is -3.96. The quantitative estimate of drug-likeness (QED) is 0.278. The highest BCUT2D eigenvalue weighted by Gasteiger charge is 2.47. The number of amides is 1. The number of benzene rings is 2. The second kappa shape index (κ2) is 9.16. The maximum atomic E-state index is 13.8. The molecule has 0 saturated carbocycles. The molecule has 1 aliphatic heterocycles. The number of halogens is 1. The van der Waals surface area contributed by atoms with Gasteiger partial charge in [-0.3, -0.25) is 19.3 Å². The number of thiazole rings is 1. The van der Waals surface area contributed by atoms with Crippen LogP contribution in [0.25, 0.3) is 11.0 Å². The summed E-state index contributed by atoms with van der Waals surface area (Å²) in [6.45, 7) is 3.03. The SMILES string of the molecule is COc1cc([C@H]2C(C(=O)c3cc4ccccc4o3)=C(O)C(=O)N2c2nc(C)c(C(C)=O)s2)cc(Br)c1O. The number of hydrogen-bond acceptors (Lipinski definition) is 9. The van der Waals surface area contributed by atoms with Crippen LogP contribution in [0.5, 0.6) is 11.5 Å². The molecule has 0 radical (unpaired) electrons. The van der Waals surface area contributed by atoms with Crippen molar-refractivity contribution in [3.63, 3.8) is 0 Å². The number of aliphatic hydroxyl groups is 1. The Morgan fingerprint density at radius 2 is 1.92 bits per heavy atom. The standard InChI is InChI=1S/C26H19BrN2O7S/c1-11-24(12(2)30)37-26(28-11)29-20(14-8-15(27)21(31)17(10-14)35-3)19(23(33)25(29)34)22(32)18-9-13-6-4-5-7-16(13)36-18/h4-10,20,31,33H,1-3H3/t20-/m0/s1. The van der Waals surface area contributed by atoms with Crippen molar-refractivity contribution >= 4 is 60.8 Å². The van der Waals surface area contributed by atoms with Crippen molar-refractivity contribution in [2.45, 2.75) is 19.9 Å². The molecular weight excluding hydrogens is 564 g/mol. The highest BCUT2D eigenvalue weighted by Crippen LogP contribution is 2.47. The number of para-hydroxylation sites is 1. The van der Waals surface area contributed by atoms with E-state index in [0.717, 1.165) is 16.2 Å². The van der Waals surface area contributed by atoms with E-state index in [0.29, 0.717) is 27.1 Å². The van der Waals surface area contributed by atoms with Crippen LogP contribution in [0.2, 0.25) is 0 Å². The summed E-state index contributed by atoms with van der Waals surface area (Å²) in [4.78, 5) is 45.2. The molecule has 1 aliphatic rings. The molecule has 3 heterocycles. The van der Waals surface area contributed by atoms with Crippen LogP contribution in [-0.2, 0) is 4.79 Å². The van der Waals surface area contributed by atoms with Gasteiger partial charge in [0.25, 0.3) is 5.91 Å². The van der Waals surface area contributed by atoms with Gasteiger partial charge in [-0.1, -0.05) is 29.5 Å². The first-order valence-corrected chi connectivity index (χ1v) is 12.6. The van der Waals surface area contributed by atoms with E-state index >= 15 is 0 Å². The third-order valence-corrected chi connectivity index (χ3v) is 7.86. The molecular formula is C26H19BrN2O7S. The van der Waals surface area contributed by atoms with E-state index in [4.69, 9.17) is 9.15 Å². The van der Waals surface area contributed by atoms with Gasteiger partial charge in [0.2, 0.25) is 5.78 Å². The maximum Gasteiger partial charge on any atom is 0.296 e. The monoisotopic (exact) mass is 582 g/mol. The lowest BCUT2D eigenvalue weighted by Gasteiger charge is -2.25. The number of phenols is 1. The van der Waals surface area contributed by atoms with E-state index in [1.807, 2.05) is 0 Å². The summed E-state index contributed by atoms with van der Waals surface area (Å²) < 4.78 is 11.3. The van der Waals surface area contributed by atoms with Crippen LogP contribution in [0.1, 0.15) is 44.4 Å². The van der Waals surface area contributed by atoms with Gasteiger partial charge in [0.05, 0.1) is 33.8 Å². The molecule has 0 unspecified atom stereocenters. The van der Waals surface area contributed by atoms with Gasteiger partial charge in [0.15, 0.2) is 33.9 Å². The average Bonchev–Trinajstić information content (AvgIpc) is 3.54. The molecule has 9 nitrogen and oxygen atoms in total. The number of aromatic nitrogens is 1. The second-order valence-corrected chi connectivity index (χ2v) is 10.2. The van der Waals surface area contributed by atoms with Crippen LogP contribution >= 0.6 is 27.3 Å². The highest BCUT2D eigenvalue weighted by atomic mass is 79.9. The molecule has 0 aliphatic carbocycles. The molecule has 11 heteroatoms. The van der Waals surface area contributed by atoms with Gasteiger partial charge in [0.1, 0.15) is 5.58 Å². The van der Waals surface area contributed by atoms with E-state index < -0.39 is 23.5 Å². The van der Waals surface area contributed by atoms with Crippen LogP contribution in [0.15, 0.2) is 62.7 Å². The number of carbonyl (C=O) groups is 3. The van der Waals surface area contributed by atoms with E-state index in [-0.39, 0.29) is 38.2 Å². The molecule has 4 aromatic rings. The van der Waals surface area contributed by atoms with Gasteiger partial charge in [-0.15, -0.1) is 0 Å². The number of hydrogen-bond donors (Lipinski definition) is 2. The Morgan fingerprint density at radius 3 is 2.57 bits per heavy atom. The van der Waals surface area contributed by atoms with Crippen molar-refractivity contribution in [1.29, 1.82) is 0 Å². The molecule has 2 N–H and O–H groups in total. The fourth-order valence-electron chi connectivity index (χ4n) is 4.30. The van der Waals surface area contributed by atoms with Crippen molar-refractivity contribution in [3.8, 4) is 11.5 Å². The summed E-state index contributed by atoms with van der Waals surface area (Å²) >= 11 is 4.26. The van der Waals surface area contributed by atoms with Crippen molar-refractivity contribution in [2.75, 3.05) is 12.0 Å². The Labute approximate surface area is 222 Å². The Kier molecular flexibility index (Phi) is 6.12. The molecule has 1 atom stereocenters. The average molecular weight is 583 g/mol. The Bertz CT molecular complexity index is 1620. The van der Waals surface area contributed by atoms with E-state index in [1.165, 1.54) is 32.2 Å². The van der Waals surface area contributed by atoms with Crippen LogP contribution in [0.4, 0.5) is 5.13 Å². The van der Waals surface area contributed by atoms with Crippen molar-refractivity contribution < 1.29 is 33.8 Å². The number of carbonyl (C=O) groups excluding carboxylic acids is 3. The van der Waals surface area contributed by atoms with E-state index in [2.05, 4.69) is 20.9 Å². The third kappa shape index (κ3) is 4.00. The molecule has 37 heavy (non-hydrogen) atoms. The minimum absolute atomic E-state index is 0.0630. The van der Waals surface area contributed by atoms with Crippen molar-refractivity contribution in [1.82, 2.24) is 4.98 Å². The molecule has 5 rings (SSSR count). The first kappa shape index (κ1) is 24.7. The molecule has 0 fully saturated rings. The number of fused-ring (bicyclic) bond motifs is 1. The number of ether oxygens (including phenoxy) is 1. The topological polar surface area (TPSA) is 130 Å². The highest BCUT2D eigenvalue weighted by molar-refractivity contribution is 9.10. The number of aliphatic hydroxyl groups excluding tert-OH is 1. The van der Waals surface area contributed by atoms with E-state index in [1.54, 1.807) is 31.2 Å². The van der Waals surface area contributed by atoms with Gasteiger partial charge in [-0.25, -0.2) is 4.98 Å². The Morgan fingerprint density at radius 1 is 1.19 bits per heavy atom. The number of furan rings is 1. The molecule has 0 spiro atoms. The molecule has 2 aromatic carbocycles. The number of aryl methyl sites for hydroxylation is 1. The van der Waals surface area contributed by atoms with E-state index in [9.17, 15) is 24.6 Å². The van der Waals surface area contributed by atoms with Gasteiger partial charge in [-0.05, 0) is 52.7 Å². The number of methoxy groups -OCH3 is 1. The van der Waals surface area contributed by atoms with Crippen LogP contribution < -0.4 is 9.64 Å². The first-order valence-electron chi connectivity index (χ1n) is 11.0. The Balaban J connectivity index is 1.72. The zero-order chi connectivity index (χ0) is 26.6. The predicted octanol–water partition coefficient (Wildman–Crippen LogP) is 5.66. The lowest BCUT2D eigenvalue weighted by molar-refractivity contribution is -0.117. The summed E-state index contributed by atoms with van der Waals surface area (Å²) in [5.41, 5.74) is 0.996. The van der Waals surface area contributed by atoms with Gasteiger partial charge in [-0.2, -0.15) is 0 Å². The van der Waals surface area contributed by atoms with Gasteiger partial charge < -0.3 is 19.4 Å². The van der Waals surface area contributed by atoms with Gasteiger partial charge >= 0.3 is 0 Å². The summed E-state index contributed by atoms with van der Waals surface area (Å²) in [6.07, 6.45) is 0. The number of phenolic OH excluding ortho intramolecular Hbond substituents is 1. The molecule has 0 saturated heterocycles. The molecule has 188 valence electrons. The van der Waals surface area contributed by atoms with Crippen LogP contribution in [0.3, 0.4) is 0 Å². The molecule has 2 aromatic heterocycles. The molecule has 0 bridgehead atoms. The first-order chi connectivity index (χ1) is 17.6. The number of ketones is 2. The largest absolute Gasteiger partial charge is 0.503 e. The van der Waals surface area contributed by atoms with Crippen molar-refractivity contribution in [2.24, 2.45) is 0 Å². The normalized spacial score (nSPS) is 15.6. The number of anilines is 1. The zero-order valence-corrected chi connectivity index (χ0v) is 22.1. The molecule has 1 amide bonds. The lowest BCUT2D eigenvalue weighted by Crippen LogP contribution is -2.31. The lowest BCUT2D eigenvalue weighted by atomic mass is 9.95. The van der Waals surface area contributed by atoms with Gasteiger partial charge in [0, 0.05) is 12.3 Å². The maximum absolute atomic E-state index is 13.8. The third-order valence-electron chi connectivity index (χ3n) is 6.00. The summed E-state index contributed by atoms with van der Waals surface area (Å²) in [5.74, 6) is -2.71. The second-order valence-electron chi connectivity index (χ2n) is 8.34. The van der Waals surface area contributed by atoms with Crippen LogP contribution in [0, 0.1) is 6.92 Å². The summed E-state index contributed by atoms with van der Waals surface area (Å²) in [7, 11) is 1.36. The summed E-state index contributed by atoms with van der Waals surface area (Å²) in [5, 5.41) is 22.2. The number of nitrogens with zero attached hydrogens (tertiary/aromatic N) is 2. The zero-order valence-electron chi connectivity index (χ0n) is 19.7. The predicted molar refractivity (Wildman–Crippen MR) is 140 cm³/mol. The summed E-state index contributed by atoms with van der Waals surface area (Å²) in [6, 6.07) is 10.4. The fourth-order valence-corrected chi connectivity index (χ4v) is 5.74.